The van der Waals surface area contributed by atoms with E-state index in [1.165, 1.54) is 30.3 Å². The van der Waals surface area contributed by atoms with E-state index in [4.69, 9.17) is 5.11 Å². The number of carbonyl (C=O) groups excluding carboxylic acids is 1. The Morgan fingerprint density at radius 2 is 1.69 bits per heavy atom. The van der Waals surface area contributed by atoms with E-state index >= 15 is 0 Å². The second-order valence-corrected chi connectivity index (χ2v) is 6.62. The maximum absolute atomic E-state index is 13.5. The van der Waals surface area contributed by atoms with E-state index in [0.29, 0.717) is 18.8 Å². The number of fused-ring (bicyclic) bond motifs is 1. The first kappa shape index (κ1) is 18.4. The Morgan fingerprint density at radius 1 is 0.966 bits per heavy atom. The number of pyridine rings is 1. The van der Waals surface area contributed by atoms with Crippen molar-refractivity contribution in [2.45, 2.75) is 13.1 Å². The molecule has 3 aromatic rings. The summed E-state index contributed by atoms with van der Waals surface area (Å²) in [6, 6.07) is 16.4. The Morgan fingerprint density at radius 3 is 2.34 bits per heavy atom. The van der Waals surface area contributed by atoms with Crippen LogP contribution < -0.4 is 10.6 Å². The van der Waals surface area contributed by atoms with E-state index < -0.39 is 11.9 Å². The molecule has 2 amide bonds. The highest BCUT2D eigenvalue weighted by Gasteiger charge is 2.25. The highest BCUT2D eigenvalue weighted by Crippen LogP contribution is 2.26. The van der Waals surface area contributed by atoms with Crippen molar-refractivity contribution in [1.29, 1.82) is 0 Å². The van der Waals surface area contributed by atoms with E-state index in [1.807, 2.05) is 24.3 Å². The average molecular weight is 392 g/mol. The summed E-state index contributed by atoms with van der Waals surface area (Å²) in [5.41, 5.74) is 2.84. The molecule has 146 valence electrons. The molecule has 0 saturated heterocycles. The van der Waals surface area contributed by atoms with Crippen molar-refractivity contribution < 1.29 is 19.1 Å². The molecule has 2 heterocycles. The molecule has 2 aromatic carbocycles. The third kappa shape index (κ3) is 4.16. The summed E-state index contributed by atoms with van der Waals surface area (Å²) in [5, 5.41) is 14.2. The maximum atomic E-state index is 13.5. The van der Waals surface area contributed by atoms with Crippen molar-refractivity contribution in [1.82, 2.24) is 9.88 Å². The molecular weight excluding hydrogens is 375 g/mol. The van der Waals surface area contributed by atoms with Gasteiger partial charge in [-0.15, -0.1) is 0 Å². The van der Waals surface area contributed by atoms with Gasteiger partial charge in [0.15, 0.2) is 0 Å². The number of carboxylic acid groups (broad SMARTS) is 1. The number of amides is 2. The van der Waals surface area contributed by atoms with E-state index in [-0.39, 0.29) is 23.1 Å². The molecular formula is C21H17FN4O3. The molecule has 7 nitrogen and oxygen atoms in total. The molecule has 0 spiro atoms. The van der Waals surface area contributed by atoms with Gasteiger partial charge in [-0.05, 0) is 35.4 Å². The molecule has 1 aliphatic heterocycles. The molecule has 0 aliphatic carbocycles. The van der Waals surface area contributed by atoms with Gasteiger partial charge in [-0.1, -0.05) is 30.3 Å². The highest BCUT2D eigenvalue weighted by atomic mass is 19.1. The largest absolute Gasteiger partial charge is 0.465 e. The number of rotatable bonds is 4. The van der Waals surface area contributed by atoms with Crippen LogP contribution in [0.15, 0.2) is 60.7 Å². The van der Waals surface area contributed by atoms with Gasteiger partial charge >= 0.3 is 6.09 Å². The minimum atomic E-state index is -1.26. The van der Waals surface area contributed by atoms with E-state index in [9.17, 15) is 14.0 Å². The van der Waals surface area contributed by atoms with Gasteiger partial charge < -0.3 is 15.3 Å². The first-order chi connectivity index (χ1) is 14.0. The number of anilines is 3. The summed E-state index contributed by atoms with van der Waals surface area (Å²) >= 11 is 0. The Bertz CT molecular complexity index is 1080. The summed E-state index contributed by atoms with van der Waals surface area (Å²) in [7, 11) is 0. The van der Waals surface area contributed by atoms with Crippen LogP contribution in [0.5, 0.6) is 0 Å². The van der Waals surface area contributed by atoms with E-state index in [0.717, 1.165) is 11.1 Å². The molecule has 1 aliphatic rings. The molecule has 0 saturated carbocycles. The fourth-order valence-electron chi connectivity index (χ4n) is 3.25. The molecule has 0 bridgehead atoms. The maximum Gasteiger partial charge on any atom is 0.409 e. The second kappa shape index (κ2) is 7.59. The highest BCUT2D eigenvalue weighted by molar-refractivity contribution is 5.95. The summed E-state index contributed by atoms with van der Waals surface area (Å²) < 4.78 is 13.5. The van der Waals surface area contributed by atoms with Crippen LogP contribution in [-0.4, -0.2) is 27.0 Å². The molecule has 1 aromatic heterocycles. The molecule has 8 heteroatoms. The Balaban J connectivity index is 1.63. The number of carbonyl (C=O) groups is 2. The van der Waals surface area contributed by atoms with Gasteiger partial charge in [-0.25, -0.2) is 14.2 Å². The van der Waals surface area contributed by atoms with Crippen molar-refractivity contribution in [2.75, 3.05) is 10.6 Å². The lowest BCUT2D eigenvalue weighted by molar-refractivity contribution is 0.0745. The Hall–Kier alpha value is -3.94. The van der Waals surface area contributed by atoms with Gasteiger partial charge in [0.2, 0.25) is 0 Å². The smallest absolute Gasteiger partial charge is 0.409 e. The van der Waals surface area contributed by atoms with Crippen LogP contribution in [0.4, 0.5) is 26.4 Å². The van der Waals surface area contributed by atoms with Crippen molar-refractivity contribution in [3.63, 3.8) is 0 Å². The molecule has 0 radical (unpaired) electrons. The molecule has 0 fully saturated rings. The zero-order valence-electron chi connectivity index (χ0n) is 15.2. The third-order valence-corrected chi connectivity index (χ3v) is 4.52. The first-order valence-electron chi connectivity index (χ1n) is 8.88. The summed E-state index contributed by atoms with van der Waals surface area (Å²) in [6.07, 6.45) is -1.26. The summed E-state index contributed by atoms with van der Waals surface area (Å²) in [6.45, 7) is 0.917. The van der Waals surface area contributed by atoms with Crippen LogP contribution in [0.2, 0.25) is 0 Å². The molecule has 4 rings (SSSR count). The normalized spacial score (nSPS) is 12.4. The molecule has 3 N–H and O–H groups in total. The lowest BCUT2D eigenvalue weighted by Crippen LogP contribution is -2.26. The van der Waals surface area contributed by atoms with Gasteiger partial charge in [0.25, 0.3) is 5.91 Å². The number of nitrogens with one attached hydrogen (secondary N) is 2. The van der Waals surface area contributed by atoms with Crippen molar-refractivity contribution >= 4 is 29.2 Å². The number of nitrogens with zero attached hydrogens (tertiary/aromatic N) is 2. The van der Waals surface area contributed by atoms with Gasteiger partial charge in [0.1, 0.15) is 17.3 Å². The number of aromatic nitrogens is 1. The lowest BCUT2D eigenvalue weighted by Gasteiger charge is -2.17. The summed E-state index contributed by atoms with van der Waals surface area (Å²) in [5.74, 6) is -0.527. The number of halogens is 1. The topological polar surface area (TPSA) is 94.6 Å². The number of benzene rings is 2. The number of hydrogen-bond acceptors (Lipinski definition) is 4. The molecule has 29 heavy (non-hydrogen) atoms. The molecule has 0 atom stereocenters. The standard InChI is InChI=1S/C21H17FN4O3/c22-15-6-3-7-16(8-15)23-19-10-17(24-21(28)29)9-18(25-19)20(27)26-11-13-4-1-2-5-14(13)12-26/h1-10H,11-12H2,(H,28,29)(H2,23,24,25). The van der Waals surface area contributed by atoms with E-state index in [1.54, 1.807) is 11.0 Å². The zero-order valence-corrected chi connectivity index (χ0v) is 15.2. The predicted octanol–water partition coefficient (Wildman–Crippen LogP) is 4.21. The van der Waals surface area contributed by atoms with Crippen LogP contribution in [0, 0.1) is 5.82 Å². The average Bonchev–Trinajstić information content (AvgIpc) is 3.11. The van der Waals surface area contributed by atoms with Crippen LogP contribution in [0.1, 0.15) is 21.6 Å². The SMILES string of the molecule is O=C(O)Nc1cc(Nc2cccc(F)c2)nc(C(=O)N2Cc3ccccc3C2)c1. The Labute approximate surface area is 165 Å². The fraction of sp³-hybridized carbons (Fsp3) is 0.0952. The minimum absolute atomic E-state index is 0.0861. The molecule has 0 unspecified atom stereocenters. The van der Waals surface area contributed by atoms with Crippen molar-refractivity contribution in [2.24, 2.45) is 0 Å². The second-order valence-electron chi connectivity index (χ2n) is 6.62. The van der Waals surface area contributed by atoms with Crippen LogP contribution in [0.25, 0.3) is 0 Å². The Kier molecular flexibility index (Phi) is 4.82. The van der Waals surface area contributed by atoms with Crippen LogP contribution >= 0.6 is 0 Å². The quantitative estimate of drug-likeness (QED) is 0.618. The third-order valence-electron chi connectivity index (χ3n) is 4.52. The van der Waals surface area contributed by atoms with Crippen LogP contribution in [0.3, 0.4) is 0 Å². The zero-order chi connectivity index (χ0) is 20.4. The predicted molar refractivity (Wildman–Crippen MR) is 106 cm³/mol. The van der Waals surface area contributed by atoms with Gasteiger partial charge in [0, 0.05) is 24.8 Å². The van der Waals surface area contributed by atoms with Crippen molar-refractivity contribution in [3.05, 3.63) is 83.3 Å². The van der Waals surface area contributed by atoms with Crippen molar-refractivity contribution in [3.8, 4) is 0 Å². The monoisotopic (exact) mass is 392 g/mol. The van der Waals surface area contributed by atoms with Crippen LogP contribution in [-0.2, 0) is 13.1 Å². The van der Waals surface area contributed by atoms with Gasteiger partial charge in [-0.3, -0.25) is 10.1 Å². The van der Waals surface area contributed by atoms with Gasteiger partial charge in [-0.2, -0.15) is 0 Å². The fourth-order valence-corrected chi connectivity index (χ4v) is 3.25. The van der Waals surface area contributed by atoms with E-state index in [2.05, 4.69) is 15.6 Å². The minimum Gasteiger partial charge on any atom is -0.465 e. The summed E-state index contributed by atoms with van der Waals surface area (Å²) in [4.78, 5) is 30.0. The van der Waals surface area contributed by atoms with Gasteiger partial charge in [0.05, 0.1) is 5.69 Å². The lowest BCUT2D eigenvalue weighted by atomic mass is 10.1. The number of hydrogen-bond donors (Lipinski definition) is 3. The first-order valence-corrected chi connectivity index (χ1v) is 8.88.